The number of hydrogen-bond acceptors (Lipinski definition) is 3. The maximum Gasteiger partial charge on any atom is 0.321 e. The van der Waals surface area contributed by atoms with E-state index in [2.05, 4.69) is 4.98 Å². The van der Waals surface area contributed by atoms with E-state index in [1.54, 1.807) is 24.3 Å². The summed E-state index contributed by atoms with van der Waals surface area (Å²) in [6, 6.07) is 6.92. The summed E-state index contributed by atoms with van der Waals surface area (Å²) in [5, 5.41) is 0.339. The van der Waals surface area contributed by atoms with Crippen LogP contribution in [0.5, 0.6) is 0 Å². The molecule has 0 amide bonds. The molecule has 0 aliphatic rings. The molecule has 6 heteroatoms. The highest BCUT2D eigenvalue weighted by molar-refractivity contribution is 7.99. The molecule has 0 fully saturated rings. The van der Waals surface area contributed by atoms with E-state index in [-0.39, 0.29) is 0 Å². The Bertz CT molecular complexity index is 516. The molecule has 98 valence electrons. The van der Waals surface area contributed by atoms with Crippen LogP contribution in [-0.4, -0.2) is 28.5 Å². The first kappa shape index (κ1) is 13.3. The van der Waals surface area contributed by atoms with Gasteiger partial charge >= 0.3 is 6.55 Å². The molecular formula is C12H14F2N2OS. The lowest BCUT2D eigenvalue weighted by molar-refractivity contribution is 0.0656. The topological polar surface area (TPSA) is 27.1 Å². The highest BCUT2D eigenvalue weighted by Gasteiger charge is 2.17. The Kier molecular flexibility index (Phi) is 4.54. The number of rotatable bonds is 6. The summed E-state index contributed by atoms with van der Waals surface area (Å²) in [4.78, 5) is 4.22. The van der Waals surface area contributed by atoms with E-state index >= 15 is 0 Å². The summed E-state index contributed by atoms with van der Waals surface area (Å²) in [6.45, 7) is 0.491. The molecule has 0 bridgehead atoms. The van der Waals surface area contributed by atoms with Gasteiger partial charge in [-0.05, 0) is 19.1 Å². The molecule has 0 spiro atoms. The lowest BCUT2D eigenvalue weighted by Gasteiger charge is -2.07. The highest BCUT2D eigenvalue weighted by Crippen LogP contribution is 2.28. The van der Waals surface area contributed by atoms with Gasteiger partial charge in [0.15, 0.2) is 5.16 Å². The van der Waals surface area contributed by atoms with Crippen LogP contribution in [-0.2, 0) is 4.74 Å². The van der Waals surface area contributed by atoms with Gasteiger partial charge in [0, 0.05) is 12.4 Å². The number of aromatic nitrogens is 2. The minimum Gasteiger partial charge on any atom is -0.381 e. The largest absolute Gasteiger partial charge is 0.381 e. The van der Waals surface area contributed by atoms with E-state index in [9.17, 15) is 8.78 Å². The van der Waals surface area contributed by atoms with Gasteiger partial charge in [-0.25, -0.2) is 4.98 Å². The van der Waals surface area contributed by atoms with E-state index < -0.39 is 6.55 Å². The Hall–Kier alpha value is -1.14. The number of nitrogens with zero attached hydrogens (tertiary/aromatic N) is 2. The summed E-state index contributed by atoms with van der Waals surface area (Å²) in [5.74, 6) is 0.615. The van der Waals surface area contributed by atoms with Gasteiger partial charge in [-0.15, -0.1) is 0 Å². The van der Waals surface area contributed by atoms with Crippen molar-refractivity contribution in [3.8, 4) is 0 Å². The number of halogens is 2. The molecule has 2 aromatic rings. The zero-order chi connectivity index (χ0) is 13.0. The van der Waals surface area contributed by atoms with Crippen LogP contribution in [0.2, 0.25) is 0 Å². The number of thioether (sulfide) groups is 1. The lowest BCUT2D eigenvalue weighted by atomic mass is 10.3. The molecule has 0 saturated heterocycles. The summed E-state index contributed by atoms with van der Waals surface area (Å²) < 4.78 is 32.2. The average molecular weight is 272 g/mol. The Morgan fingerprint density at radius 2 is 2.17 bits per heavy atom. The normalized spacial score (nSPS) is 11.6. The maximum atomic E-state index is 13.0. The van der Waals surface area contributed by atoms with Crippen LogP contribution in [0.1, 0.15) is 13.5 Å². The third kappa shape index (κ3) is 2.81. The van der Waals surface area contributed by atoms with E-state index in [1.165, 1.54) is 11.8 Å². The van der Waals surface area contributed by atoms with Crippen LogP contribution in [0.15, 0.2) is 29.4 Å². The number of hydrogen-bond donors (Lipinski definition) is 0. The average Bonchev–Trinajstić information content (AvgIpc) is 2.73. The molecule has 1 aromatic heterocycles. The number of benzene rings is 1. The van der Waals surface area contributed by atoms with Crippen molar-refractivity contribution in [3.05, 3.63) is 24.3 Å². The van der Waals surface area contributed by atoms with Gasteiger partial charge in [0.25, 0.3) is 0 Å². The second-order valence-corrected chi connectivity index (χ2v) is 4.64. The van der Waals surface area contributed by atoms with Crippen molar-refractivity contribution in [1.82, 2.24) is 9.55 Å². The van der Waals surface area contributed by atoms with Crippen LogP contribution in [0.25, 0.3) is 11.0 Å². The van der Waals surface area contributed by atoms with Gasteiger partial charge in [0.2, 0.25) is 0 Å². The number of imidazole rings is 1. The van der Waals surface area contributed by atoms with Gasteiger partial charge in [-0.2, -0.15) is 8.78 Å². The Morgan fingerprint density at radius 3 is 2.89 bits per heavy atom. The standard InChI is InChI=1S/C12H14F2N2OS/c1-2-17-7-8-18-12-15-9-5-3-4-6-10(9)16(12)11(13)14/h3-6,11H,2,7-8H2,1H3. The van der Waals surface area contributed by atoms with Crippen LogP contribution >= 0.6 is 11.8 Å². The number of fused-ring (bicyclic) bond motifs is 1. The third-order valence-electron chi connectivity index (χ3n) is 2.42. The van der Waals surface area contributed by atoms with Crippen molar-refractivity contribution in [2.24, 2.45) is 0 Å². The van der Waals surface area contributed by atoms with Crippen molar-refractivity contribution >= 4 is 22.8 Å². The predicted octanol–water partition coefficient (Wildman–Crippen LogP) is 3.56. The molecular weight excluding hydrogens is 258 g/mol. The minimum absolute atomic E-state index is 0.339. The second kappa shape index (κ2) is 6.15. The summed E-state index contributed by atoms with van der Waals surface area (Å²) >= 11 is 1.29. The summed E-state index contributed by atoms with van der Waals surface area (Å²) in [6.07, 6.45) is 0. The monoisotopic (exact) mass is 272 g/mol. The molecule has 0 saturated carbocycles. The molecule has 3 nitrogen and oxygen atoms in total. The van der Waals surface area contributed by atoms with Crippen molar-refractivity contribution in [1.29, 1.82) is 0 Å². The molecule has 0 aliphatic heterocycles. The number of alkyl halides is 2. The Morgan fingerprint density at radius 1 is 1.39 bits per heavy atom. The van der Waals surface area contributed by atoms with Crippen LogP contribution in [0.4, 0.5) is 8.78 Å². The third-order valence-corrected chi connectivity index (χ3v) is 3.34. The lowest BCUT2D eigenvalue weighted by Crippen LogP contribution is -2.02. The SMILES string of the molecule is CCOCCSc1nc2ccccc2n1C(F)F. The summed E-state index contributed by atoms with van der Waals surface area (Å²) in [5.41, 5.74) is 1.06. The van der Waals surface area contributed by atoms with Crippen molar-refractivity contribution in [3.63, 3.8) is 0 Å². The molecule has 0 N–H and O–H groups in total. The molecule has 2 rings (SSSR count). The summed E-state index contributed by atoms with van der Waals surface area (Å²) in [7, 11) is 0. The van der Waals surface area contributed by atoms with Crippen LogP contribution < -0.4 is 0 Å². The Labute approximate surface area is 108 Å². The molecule has 1 heterocycles. The fourth-order valence-electron chi connectivity index (χ4n) is 1.65. The predicted molar refractivity (Wildman–Crippen MR) is 68.2 cm³/mol. The van der Waals surface area contributed by atoms with Crippen LogP contribution in [0.3, 0.4) is 0 Å². The van der Waals surface area contributed by atoms with Crippen molar-refractivity contribution < 1.29 is 13.5 Å². The van der Waals surface area contributed by atoms with Crippen LogP contribution in [0, 0.1) is 0 Å². The smallest absolute Gasteiger partial charge is 0.321 e. The zero-order valence-electron chi connectivity index (χ0n) is 9.97. The van der Waals surface area contributed by atoms with E-state index in [4.69, 9.17) is 4.74 Å². The zero-order valence-corrected chi connectivity index (χ0v) is 10.8. The van der Waals surface area contributed by atoms with Gasteiger partial charge in [0.05, 0.1) is 17.6 Å². The van der Waals surface area contributed by atoms with E-state index in [1.807, 2.05) is 6.92 Å². The molecule has 0 unspecified atom stereocenters. The van der Waals surface area contributed by atoms with Crippen molar-refractivity contribution in [2.45, 2.75) is 18.6 Å². The van der Waals surface area contributed by atoms with Crippen molar-refractivity contribution in [2.75, 3.05) is 19.0 Å². The molecule has 18 heavy (non-hydrogen) atoms. The fraction of sp³-hybridized carbons (Fsp3) is 0.417. The quantitative estimate of drug-likeness (QED) is 0.594. The van der Waals surface area contributed by atoms with E-state index in [0.717, 1.165) is 4.57 Å². The Balaban J connectivity index is 2.23. The van der Waals surface area contributed by atoms with Gasteiger partial charge in [0.1, 0.15) is 0 Å². The maximum absolute atomic E-state index is 13.0. The number of ether oxygens (including phenoxy) is 1. The highest BCUT2D eigenvalue weighted by atomic mass is 32.2. The number of para-hydroxylation sites is 2. The molecule has 1 aromatic carbocycles. The van der Waals surface area contributed by atoms with Gasteiger partial charge in [-0.3, -0.25) is 4.57 Å². The first-order valence-electron chi connectivity index (χ1n) is 5.69. The first-order valence-corrected chi connectivity index (χ1v) is 6.68. The van der Waals surface area contributed by atoms with Gasteiger partial charge < -0.3 is 4.74 Å². The first-order chi connectivity index (χ1) is 8.74. The molecule has 0 radical (unpaired) electrons. The minimum atomic E-state index is -2.58. The fourth-order valence-corrected chi connectivity index (χ4v) is 2.51. The van der Waals surface area contributed by atoms with E-state index in [0.29, 0.717) is 35.2 Å². The second-order valence-electron chi connectivity index (χ2n) is 3.58. The van der Waals surface area contributed by atoms with Gasteiger partial charge in [-0.1, -0.05) is 23.9 Å². The molecule has 0 atom stereocenters. The molecule has 0 aliphatic carbocycles.